The maximum absolute atomic E-state index is 10.5. The molecule has 2 N–H and O–H groups in total. The highest BCUT2D eigenvalue weighted by molar-refractivity contribution is 5.10. The van der Waals surface area contributed by atoms with Crippen LogP contribution in [0.3, 0.4) is 0 Å². The molecule has 1 heterocycles. The van der Waals surface area contributed by atoms with Gasteiger partial charge in [0.1, 0.15) is 0 Å². The van der Waals surface area contributed by atoms with Crippen molar-refractivity contribution in [2.45, 2.75) is 57.1 Å². The fraction of sp³-hybridized carbons (Fsp3) is 0.786. The molecular formula is C14H25N3O. The number of aromatic nitrogens is 2. The van der Waals surface area contributed by atoms with Crippen LogP contribution in [0.5, 0.6) is 0 Å². The number of rotatable bonds is 5. The molecule has 2 rings (SSSR count). The summed E-state index contributed by atoms with van der Waals surface area (Å²) in [6.07, 6.45) is 10.4. The molecule has 1 unspecified atom stereocenters. The molecule has 4 nitrogen and oxygen atoms in total. The molecule has 0 aliphatic heterocycles. The van der Waals surface area contributed by atoms with E-state index in [1.807, 2.05) is 24.1 Å². The summed E-state index contributed by atoms with van der Waals surface area (Å²) in [6, 6.07) is 0.296. The molecule has 4 heteroatoms. The molecule has 1 aromatic rings. The molecule has 1 saturated carbocycles. The van der Waals surface area contributed by atoms with E-state index in [-0.39, 0.29) is 0 Å². The molecule has 0 bridgehead atoms. The minimum absolute atomic E-state index is 0.296. The zero-order chi connectivity index (χ0) is 13.0. The molecule has 0 radical (unpaired) electrons. The fourth-order valence-electron chi connectivity index (χ4n) is 2.82. The quantitative estimate of drug-likeness (QED) is 0.843. The van der Waals surface area contributed by atoms with Gasteiger partial charge in [-0.1, -0.05) is 26.2 Å². The van der Waals surface area contributed by atoms with E-state index in [9.17, 15) is 5.11 Å². The van der Waals surface area contributed by atoms with E-state index in [0.29, 0.717) is 12.6 Å². The minimum Gasteiger partial charge on any atom is -0.389 e. The summed E-state index contributed by atoms with van der Waals surface area (Å²) in [4.78, 5) is 0. The monoisotopic (exact) mass is 251 g/mol. The van der Waals surface area contributed by atoms with Crippen LogP contribution in [0.15, 0.2) is 12.4 Å². The number of hydrogen-bond donors (Lipinski definition) is 2. The average molecular weight is 251 g/mol. The van der Waals surface area contributed by atoms with Crippen molar-refractivity contribution in [3.63, 3.8) is 0 Å². The Kier molecular flexibility index (Phi) is 4.40. The third kappa shape index (κ3) is 3.33. The summed E-state index contributed by atoms with van der Waals surface area (Å²) in [6.45, 7) is 2.86. The van der Waals surface area contributed by atoms with Crippen molar-refractivity contribution in [2.24, 2.45) is 7.05 Å². The Morgan fingerprint density at radius 1 is 1.44 bits per heavy atom. The Balaban J connectivity index is 1.90. The molecule has 0 aromatic carbocycles. The van der Waals surface area contributed by atoms with Crippen LogP contribution >= 0.6 is 0 Å². The van der Waals surface area contributed by atoms with Gasteiger partial charge in [0.05, 0.1) is 11.8 Å². The Hall–Kier alpha value is -0.870. The molecule has 1 aliphatic carbocycles. The average Bonchev–Trinajstić information content (AvgIpc) is 2.78. The van der Waals surface area contributed by atoms with Crippen LogP contribution in [0.4, 0.5) is 0 Å². The van der Waals surface area contributed by atoms with Gasteiger partial charge in [-0.25, -0.2) is 0 Å². The summed E-state index contributed by atoms with van der Waals surface area (Å²) >= 11 is 0. The zero-order valence-electron chi connectivity index (χ0n) is 11.5. The topological polar surface area (TPSA) is 50.1 Å². The van der Waals surface area contributed by atoms with Crippen LogP contribution in [0.2, 0.25) is 0 Å². The molecule has 1 atom stereocenters. The van der Waals surface area contributed by atoms with E-state index in [4.69, 9.17) is 0 Å². The van der Waals surface area contributed by atoms with E-state index < -0.39 is 5.60 Å². The Morgan fingerprint density at radius 2 is 2.17 bits per heavy atom. The van der Waals surface area contributed by atoms with Crippen LogP contribution < -0.4 is 5.32 Å². The highest BCUT2D eigenvalue weighted by Crippen LogP contribution is 2.28. The Labute approximate surface area is 109 Å². The lowest BCUT2D eigenvalue weighted by molar-refractivity contribution is 0.00248. The van der Waals surface area contributed by atoms with E-state index in [1.54, 1.807) is 0 Å². The molecule has 18 heavy (non-hydrogen) atoms. The molecule has 1 aliphatic rings. The van der Waals surface area contributed by atoms with E-state index in [2.05, 4.69) is 17.3 Å². The fourth-order valence-corrected chi connectivity index (χ4v) is 2.82. The maximum Gasteiger partial charge on any atom is 0.0771 e. The summed E-state index contributed by atoms with van der Waals surface area (Å²) in [5, 5.41) is 18.2. The molecule has 0 amide bonds. The summed E-state index contributed by atoms with van der Waals surface area (Å²) in [5.74, 6) is 0. The number of aryl methyl sites for hydroxylation is 1. The lowest BCUT2D eigenvalue weighted by Gasteiger charge is -2.33. The first-order valence-corrected chi connectivity index (χ1v) is 7.07. The number of hydrogen-bond acceptors (Lipinski definition) is 3. The van der Waals surface area contributed by atoms with Gasteiger partial charge in [-0.3, -0.25) is 4.68 Å². The normalized spacial score (nSPS) is 20.8. The molecule has 0 spiro atoms. The van der Waals surface area contributed by atoms with Gasteiger partial charge in [0.25, 0.3) is 0 Å². The van der Waals surface area contributed by atoms with Crippen molar-refractivity contribution in [3.05, 3.63) is 18.0 Å². The second-order valence-electron chi connectivity index (χ2n) is 5.57. The smallest absolute Gasteiger partial charge is 0.0771 e. The highest BCUT2D eigenvalue weighted by Gasteiger charge is 2.29. The minimum atomic E-state index is -0.492. The predicted octanol–water partition coefficient (Wildman–Crippen LogP) is 2.16. The van der Waals surface area contributed by atoms with Gasteiger partial charge in [0, 0.05) is 31.4 Å². The molecule has 102 valence electrons. The van der Waals surface area contributed by atoms with Gasteiger partial charge < -0.3 is 10.4 Å². The van der Waals surface area contributed by atoms with E-state index in [0.717, 1.165) is 32.1 Å². The second-order valence-corrected chi connectivity index (χ2v) is 5.57. The number of nitrogens with one attached hydrogen (secondary N) is 1. The summed E-state index contributed by atoms with van der Waals surface area (Å²) in [7, 11) is 1.94. The SMILES string of the molecule is CCC(NCC1(O)CCCCC1)c1cnn(C)c1. The van der Waals surface area contributed by atoms with Gasteiger partial charge in [-0.15, -0.1) is 0 Å². The van der Waals surface area contributed by atoms with Crippen LogP contribution in [0.1, 0.15) is 57.1 Å². The van der Waals surface area contributed by atoms with Crippen LogP contribution in [0, 0.1) is 0 Å². The summed E-state index contributed by atoms with van der Waals surface area (Å²) < 4.78 is 1.83. The van der Waals surface area contributed by atoms with Crippen molar-refractivity contribution in [1.29, 1.82) is 0 Å². The lowest BCUT2D eigenvalue weighted by atomic mass is 9.84. The molecule has 1 aromatic heterocycles. The van der Waals surface area contributed by atoms with E-state index >= 15 is 0 Å². The number of nitrogens with zero attached hydrogens (tertiary/aromatic N) is 2. The van der Waals surface area contributed by atoms with Crippen molar-refractivity contribution in [3.8, 4) is 0 Å². The van der Waals surface area contributed by atoms with Gasteiger partial charge in [0.15, 0.2) is 0 Å². The van der Waals surface area contributed by atoms with Crippen molar-refractivity contribution >= 4 is 0 Å². The third-order valence-corrected chi connectivity index (χ3v) is 4.00. The largest absolute Gasteiger partial charge is 0.389 e. The molecular weight excluding hydrogens is 226 g/mol. The van der Waals surface area contributed by atoms with Crippen LogP contribution in [0.25, 0.3) is 0 Å². The number of aliphatic hydroxyl groups is 1. The van der Waals surface area contributed by atoms with Crippen molar-refractivity contribution < 1.29 is 5.11 Å². The van der Waals surface area contributed by atoms with Gasteiger partial charge >= 0.3 is 0 Å². The second kappa shape index (κ2) is 5.85. The van der Waals surface area contributed by atoms with Gasteiger partial charge in [-0.2, -0.15) is 5.10 Å². The standard InChI is InChI=1S/C14H25N3O/c1-3-13(12-9-16-17(2)10-12)15-11-14(18)7-5-4-6-8-14/h9-10,13,15,18H,3-8,11H2,1-2H3. The van der Waals surface area contributed by atoms with Gasteiger partial charge in [0.2, 0.25) is 0 Å². The van der Waals surface area contributed by atoms with E-state index in [1.165, 1.54) is 12.0 Å². The van der Waals surface area contributed by atoms with Crippen LogP contribution in [-0.2, 0) is 7.05 Å². The third-order valence-electron chi connectivity index (χ3n) is 4.00. The van der Waals surface area contributed by atoms with Crippen molar-refractivity contribution in [1.82, 2.24) is 15.1 Å². The Morgan fingerprint density at radius 3 is 2.72 bits per heavy atom. The molecule has 1 fully saturated rings. The maximum atomic E-state index is 10.5. The van der Waals surface area contributed by atoms with Crippen molar-refractivity contribution in [2.75, 3.05) is 6.54 Å². The first kappa shape index (κ1) is 13.6. The zero-order valence-corrected chi connectivity index (χ0v) is 11.5. The Bertz CT molecular complexity index is 369. The van der Waals surface area contributed by atoms with Crippen LogP contribution in [-0.4, -0.2) is 27.0 Å². The van der Waals surface area contributed by atoms with Gasteiger partial charge in [-0.05, 0) is 19.3 Å². The first-order valence-electron chi connectivity index (χ1n) is 7.07. The predicted molar refractivity (Wildman–Crippen MR) is 72.3 cm³/mol. The lowest BCUT2D eigenvalue weighted by Crippen LogP contribution is -2.43. The first-order chi connectivity index (χ1) is 8.63. The summed E-state index contributed by atoms with van der Waals surface area (Å²) in [5.41, 5.74) is 0.716. The highest BCUT2D eigenvalue weighted by atomic mass is 16.3. The molecule has 0 saturated heterocycles.